The van der Waals surface area contributed by atoms with Crippen LogP contribution in [-0.4, -0.2) is 18.0 Å². The fourth-order valence-electron chi connectivity index (χ4n) is 0.713. The summed E-state index contributed by atoms with van der Waals surface area (Å²) in [6.07, 6.45) is 3.51. The van der Waals surface area contributed by atoms with Crippen molar-refractivity contribution in [2.45, 2.75) is 37.9 Å². The van der Waals surface area contributed by atoms with Crippen molar-refractivity contribution in [1.29, 1.82) is 0 Å². The van der Waals surface area contributed by atoms with Crippen LogP contribution in [-0.2, 0) is 4.74 Å². The molecule has 0 aliphatic rings. The molecule has 0 fully saturated rings. The van der Waals surface area contributed by atoms with E-state index in [1.54, 1.807) is 0 Å². The van der Waals surface area contributed by atoms with Gasteiger partial charge in [-0.15, -0.1) is 0 Å². The summed E-state index contributed by atoms with van der Waals surface area (Å²) in [6.45, 7) is 6.13. The van der Waals surface area contributed by atoms with Gasteiger partial charge < -0.3 is 4.74 Å². The number of alkyl halides is 1. The Kier molecular flexibility index (Phi) is 7.88. The lowest BCUT2D eigenvalue weighted by Gasteiger charge is -2.03. The van der Waals surface area contributed by atoms with Crippen molar-refractivity contribution in [1.82, 2.24) is 0 Å². The van der Waals surface area contributed by atoms with Gasteiger partial charge in [-0.05, 0) is 19.3 Å². The molecule has 0 aliphatic carbocycles. The van der Waals surface area contributed by atoms with Gasteiger partial charge in [0, 0.05) is 18.0 Å². The number of ether oxygens (including phenoxy) is 1. The summed E-state index contributed by atoms with van der Waals surface area (Å²) in [5.74, 6) is 0. The first kappa shape index (κ1) is 10.4. The van der Waals surface area contributed by atoms with Crippen molar-refractivity contribution in [3.63, 3.8) is 0 Å². The van der Waals surface area contributed by atoms with Crippen LogP contribution in [0.1, 0.15) is 33.1 Å². The molecule has 0 amide bonds. The van der Waals surface area contributed by atoms with Gasteiger partial charge in [-0.25, -0.2) is 0 Å². The van der Waals surface area contributed by atoms with Gasteiger partial charge in [0.1, 0.15) is 0 Å². The monoisotopic (exact) mass is 208 g/mol. The Labute approximate surface area is 72.3 Å². The van der Waals surface area contributed by atoms with Crippen molar-refractivity contribution in [3.05, 3.63) is 0 Å². The first-order valence-corrected chi connectivity index (χ1v) is 4.90. The predicted molar refractivity (Wildman–Crippen MR) is 48.7 cm³/mol. The maximum atomic E-state index is 5.31. The van der Waals surface area contributed by atoms with Gasteiger partial charge in [0.05, 0.1) is 0 Å². The van der Waals surface area contributed by atoms with E-state index in [9.17, 15) is 0 Å². The van der Waals surface area contributed by atoms with Crippen molar-refractivity contribution < 1.29 is 4.74 Å². The first-order valence-electron chi connectivity index (χ1n) is 3.99. The van der Waals surface area contributed by atoms with Crippen LogP contribution in [0.2, 0.25) is 0 Å². The van der Waals surface area contributed by atoms with E-state index in [1.807, 2.05) is 0 Å². The zero-order chi connectivity index (χ0) is 7.82. The number of hydrogen-bond acceptors (Lipinski definition) is 1. The van der Waals surface area contributed by atoms with E-state index in [0.717, 1.165) is 19.6 Å². The predicted octanol–water partition coefficient (Wildman–Crippen LogP) is 2.98. The quantitative estimate of drug-likeness (QED) is 0.482. The van der Waals surface area contributed by atoms with Crippen LogP contribution in [0.4, 0.5) is 0 Å². The van der Waals surface area contributed by atoms with Crippen molar-refractivity contribution in [2.75, 3.05) is 13.2 Å². The molecule has 0 saturated carbocycles. The molecule has 0 aliphatic heterocycles. The van der Waals surface area contributed by atoms with E-state index in [2.05, 4.69) is 29.8 Å². The van der Waals surface area contributed by atoms with Gasteiger partial charge in [0.2, 0.25) is 0 Å². The van der Waals surface area contributed by atoms with E-state index in [4.69, 9.17) is 4.74 Å². The van der Waals surface area contributed by atoms with E-state index in [0.29, 0.717) is 4.83 Å². The van der Waals surface area contributed by atoms with E-state index in [1.165, 1.54) is 12.8 Å². The normalized spacial score (nSPS) is 13.5. The Bertz CT molecular complexity index is 64.3. The first-order chi connectivity index (χ1) is 4.77. The minimum absolute atomic E-state index is 0.637. The average molecular weight is 209 g/mol. The molecular weight excluding hydrogens is 192 g/mol. The van der Waals surface area contributed by atoms with Gasteiger partial charge in [0.15, 0.2) is 0 Å². The largest absolute Gasteiger partial charge is 0.381 e. The van der Waals surface area contributed by atoms with Crippen LogP contribution in [0.5, 0.6) is 0 Å². The molecule has 0 radical (unpaired) electrons. The van der Waals surface area contributed by atoms with Gasteiger partial charge in [-0.2, -0.15) is 0 Å². The molecule has 0 aromatic rings. The zero-order valence-electron chi connectivity index (χ0n) is 6.90. The molecule has 0 heterocycles. The maximum Gasteiger partial charge on any atom is 0.0466 e. The smallest absolute Gasteiger partial charge is 0.0466 e. The molecule has 0 spiro atoms. The topological polar surface area (TPSA) is 9.23 Å². The van der Waals surface area contributed by atoms with Crippen LogP contribution in [0.25, 0.3) is 0 Å². The minimum Gasteiger partial charge on any atom is -0.381 e. The lowest BCUT2D eigenvalue weighted by Crippen LogP contribution is -1.98. The standard InChI is InChI=1S/C8H17BrO/c1-3-6-10-7-4-5-8(2)9/h8H,3-7H2,1-2H3. The highest BCUT2D eigenvalue weighted by Gasteiger charge is 1.94. The molecule has 1 nitrogen and oxygen atoms in total. The molecule has 0 aromatic heterocycles. The summed E-state index contributed by atoms with van der Waals surface area (Å²) < 4.78 is 5.31. The van der Waals surface area contributed by atoms with Crippen LogP contribution in [0, 0.1) is 0 Å². The average Bonchev–Trinajstić information content (AvgIpc) is 1.87. The second-order valence-corrected chi connectivity index (χ2v) is 4.10. The Morgan fingerprint density at radius 3 is 2.60 bits per heavy atom. The zero-order valence-corrected chi connectivity index (χ0v) is 8.49. The molecule has 62 valence electrons. The molecule has 0 bridgehead atoms. The third-order valence-electron chi connectivity index (χ3n) is 1.24. The summed E-state index contributed by atoms with van der Waals surface area (Å²) >= 11 is 3.49. The molecule has 10 heavy (non-hydrogen) atoms. The summed E-state index contributed by atoms with van der Waals surface area (Å²) in [5, 5.41) is 0. The van der Waals surface area contributed by atoms with Crippen molar-refractivity contribution >= 4 is 15.9 Å². The fraction of sp³-hybridized carbons (Fsp3) is 1.00. The van der Waals surface area contributed by atoms with Crippen molar-refractivity contribution in [3.8, 4) is 0 Å². The third-order valence-corrected chi connectivity index (χ3v) is 1.70. The number of halogens is 1. The Hall–Kier alpha value is 0.440. The van der Waals surface area contributed by atoms with E-state index < -0.39 is 0 Å². The highest BCUT2D eigenvalue weighted by Crippen LogP contribution is 2.05. The van der Waals surface area contributed by atoms with E-state index >= 15 is 0 Å². The number of rotatable bonds is 6. The molecule has 1 atom stereocenters. The molecule has 0 saturated heterocycles. The molecule has 0 rings (SSSR count). The lowest BCUT2D eigenvalue weighted by molar-refractivity contribution is 0.131. The Morgan fingerprint density at radius 1 is 1.40 bits per heavy atom. The third kappa shape index (κ3) is 8.44. The van der Waals surface area contributed by atoms with E-state index in [-0.39, 0.29) is 0 Å². The summed E-state index contributed by atoms with van der Waals surface area (Å²) in [6, 6.07) is 0. The Morgan fingerprint density at radius 2 is 2.10 bits per heavy atom. The molecule has 0 N–H and O–H groups in total. The summed E-state index contributed by atoms with van der Waals surface area (Å²) in [5.41, 5.74) is 0. The Balaban J connectivity index is 2.77. The van der Waals surface area contributed by atoms with Crippen molar-refractivity contribution in [2.24, 2.45) is 0 Å². The molecule has 1 unspecified atom stereocenters. The van der Waals surface area contributed by atoms with Crippen LogP contribution in [0.3, 0.4) is 0 Å². The number of hydrogen-bond donors (Lipinski definition) is 0. The highest BCUT2D eigenvalue weighted by molar-refractivity contribution is 9.09. The molecule has 2 heteroatoms. The van der Waals surface area contributed by atoms with Crippen LogP contribution < -0.4 is 0 Å². The van der Waals surface area contributed by atoms with Gasteiger partial charge >= 0.3 is 0 Å². The van der Waals surface area contributed by atoms with Gasteiger partial charge in [-0.1, -0.05) is 29.8 Å². The van der Waals surface area contributed by atoms with Gasteiger partial charge in [-0.3, -0.25) is 0 Å². The second kappa shape index (κ2) is 7.55. The lowest BCUT2D eigenvalue weighted by atomic mass is 10.3. The summed E-state index contributed by atoms with van der Waals surface area (Å²) in [4.78, 5) is 0.637. The minimum atomic E-state index is 0.637. The SMILES string of the molecule is CCCOCCCC(C)Br. The molecule has 0 aromatic carbocycles. The molecular formula is C8H17BrO. The highest BCUT2D eigenvalue weighted by atomic mass is 79.9. The second-order valence-electron chi connectivity index (χ2n) is 2.54. The fourth-order valence-corrected chi connectivity index (χ4v) is 1.04. The van der Waals surface area contributed by atoms with Crippen LogP contribution in [0.15, 0.2) is 0 Å². The summed E-state index contributed by atoms with van der Waals surface area (Å²) in [7, 11) is 0. The van der Waals surface area contributed by atoms with Gasteiger partial charge in [0.25, 0.3) is 0 Å². The van der Waals surface area contributed by atoms with Crippen LogP contribution >= 0.6 is 15.9 Å². The maximum absolute atomic E-state index is 5.31.